The Morgan fingerprint density at radius 3 is 3.00 bits per heavy atom. The van der Waals surface area contributed by atoms with Crippen molar-refractivity contribution < 1.29 is 19.2 Å². The van der Waals surface area contributed by atoms with E-state index >= 15 is 0 Å². The lowest BCUT2D eigenvalue weighted by Crippen LogP contribution is -2.18. The third-order valence-electron chi connectivity index (χ3n) is 3.31. The zero-order chi connectivity index (χ0) is 14.8. The van der Waals surface area contributed by atoms with Crippen molar-refractivity contribution in [3.63, 3.8) is 0 Å². The van der Waals surface area contributed by atoms with Gasteiger partial charge in [-0.25, -0.2) is 4.79 Å². The van der Waals surface area contributed by atoms with E-state index in [2.05, 4.69) is 26.1 Å². The molecule has 2 heterocycles. The first-order chi connectivity index (χ1) is 10.1. The number of halogens is 1. The molecule has 2 aromatic rings. The van der Waals surface area contributed by atoms with Crippen LogP contribution in [0.2, 0.25) is 0 Å². The van der Waals surface area contributed by atoms with E-state index in [1.807, 2.05) is 24.3 Å². The first kappa shape index (κ1) is 14.2. The number of aliphatic carboxylic acids is 1. The Morgan fingerprint density at radius 1 is 1.43 bits per heavy atom. The molecular weight excluding hydrogens is 340 g/mol. The molecule has 1 aromatic carbocycles. The molecule has 3 rings (SSSR count). The molecule has 1 N–H and O–H groups in total. The van der Waals surface area contributed by atoms with Gasteiger partial charge >= 0.3 is 5.97 Å². The SMILES string of the molecule is O=C(O)C1CCC(c2nc(Cc3cccc(Br)c3)no2)O1. The second-order valence-electron chi connectivity index (χ2n) is 4.88. The molecule has 1 saturated heterocycles. The molecule has 0 spiro atoms. The highest BCUT2D eigenvalue weighted by atomic mass is 79.9. The molecule has 0 amide bonds. The van der Waals surface area contributed by atoms with Crippen molar-refractivity contribution in [2.75, 3.05) is 0 Å². The van der Waals surface area contributed by atoms with Crippen LogP contribution in [0.1, 0.15) is 36.2 Å². The third kappa shape index (κ3) is 3.30. The van der Waals surface area contributed by atoms with Gasteiger partial charge in [-0.05, 0) is 30.5 Å². The number of ether oxygens (including phenoxy) is 1. The quantitative estimate of drug-likeness (QED) is 0.910. The van der Waals surface area contributed by atoms with Crippen LogP contribution in [0.5, 0.6) is 0 Å². The van der Waals surface area contributed by atoms with Gasteiger partial charge in [0.05, 0.1) is 0 Å². The molecule has 1 aliphatic heterocycles. The van der Waals surface area contributed by atoms with Crippen molar-refractivity contribution in [3.05, 3.63) is 46.0 Å². The van der Waals surface area contributed by atoms with Gasteiger partial charge in [-0.2, -0.15) is 4.98 Å². The maximum atomic E-state index is 10.9. The Hall–Kier alpha value is -1.73. The molecule has 0 aliphatic carbocycles. The molecule has 6 nitrogen and oxygen atoms in total. The summed E-state index contributed by atoms with van der Waals surface area (Å²) in [6.07, 6.45) is 0.391. The average Bonchev–Trinajstić information content (AvgIpc) is 3.06. The smallest absolute Gasteiger partial charge is 0.332 e. The molecule has 0 bridgehead atoms. The summed E-state index contributed by atoms with van der Waals surface area (Å²) >= 11 is 3.41. The summed E-state index contributed by atoms with van der Waals surface area (Å²) in [4.78, 5) is 15.2. The van der Waals surface area contributed by atoms with Crippen molar-refractivity contribution >= 4 is 21.9 Å². The largest absolute Gasteiger partial charge is 0.479 e. The molecule has 2 unspecified atom stereocenters. The molecule has 1 fully saturated rings. The van der Waals surface area contributed by atoms with E-state index in [1.54, 1.807) is 0 Å². The lowest BCUT2D eigenvalue weighted by atomic mass is 10.1. The van der Waals surface area contributed by atoms with Crippen LogP contribution < -0.4 is 0 Å². The molecule has 21 heavy (non-hydrogen) atoms. The van der Waals surface area contributed by atoms with Crippen molar-refractivity contribution in [3.8, 4) is 0 Å². The predicted octanol–water partition coefficient (Wildman–Crippen LogP) is 2.73. The van der Waals surface area contributed by atoms with E-state index in [0.717, 1.165) is 10.0 Å². The Bertz CT molecular complexity index is 658. The van der Waals surface area contributed by atoms with Crippen LogP contribution in [0.4, 0.5) is 0 Å². The van der Waals surface area contributed by atoms with E-state index in [9.17, 15) is 4.79 Å². The lowest BCUT2D eigenvalue weighted by Gasteiger charge is -2.05. The maximum absolute atomic E-state index is 10.9. The van der Waals surface area contributed by atoms with Gasteiger partial charge in [0, 0.05) is 10.9 Å². The van der Waals surface area contributed by atoms with Crippen LogP contribution in [0.25, 0.3) is 0 Å². The summed E-state index contributed by atoms with van der Waals surface area (Å²) in [6.45, 7) is 0. The van der Waals surface area contributed by atoms with Gasteiger partial charge in [-0.15, -0.1) is 0 Å². The Kier molecular flexibility index (Phi) is 4.03. The zero-order valence-corrected chi connectivity index (χ0v) is 12.6. The zero-order valence-electron chi connectivity index (χ0n) is 11.0. The Balaban J connectivity index is 1.68. The maximum Gasteiger partial charge on any atom is 0.332 e. The number of carboxylic acids is 1. The predicted molar refractivity (Wildman–Crippen MR) is 75.7 cm³/mol. The van der Waals surface area contributed by atoms with Gasteiger partial charge in [0.25, 0.3) is 5.89 Å². The van der Waals surface area contributed by atoms with E-state index in [0.29, 0.717) is 31.0 Å². The van der Waals surface area contributed by atoms with Crippen molar-refractivity contribution in [1.29, 1.82) is 0 Å². The van der Waals surface area contributed by atoms with Crippen LogP contribution in [0.3, 0.4) is 0 Å². The van der Waals surface area contributed by atoms with Crippen molar-refractivity contribution in [2.45, 2.75) is 31.5 Å². The van der Waals surface area contributed by atoms with E-state index in [4.69, 9.17) is 14.4 Å². The molecule has 7 heteroatoms. The second-order valence-corrected chi connectivity index (χ2v) is 5.80. The fourth-order valence-corrected chi connectivity index (χ4v) is 2.75. The molecule has 1 aromatic heterocycles. The minimum absolute atomic E-state index is 0.351. The fraction of sp³-hybridized carbons (Fsp3) is 0.357. The minimum Gasteiger partial charge on any atom is -0.479 e. The second kappa shape index (κ2) is 5.95. The van der Waals surface area contributed by atoms with Gasteiger partial charge in [0.2, 0.25) is 0 Å². The lowest BCUT2D eigenvalue weighted by molar-refractivity contribution is -0.150. The van der Waals surface area contributed by atoms with E-state index in [-0.39, 0.29) is 0 Å². The highest BCUT2D eigenvalue weighted by Gasteiger charge is 2.34. The molecular formula is C14H13BrN2O4. The summed E-state index contributed by atoms with van der Waals surface area (Å²) in [6, 6.07) is 7.86. The van der Waals surface area contributed by atoms with Gasteiger partial charge in [-0.3, -0.25) is 0 Å². The first-order valence-corrected chi connectivity index (χ1v) is 7.36. The standard InChI is InChI=1S/C14H13BrN2O4/c15-9-3-1-2-8(6-9)7-12-16-13(21-17-12)10-4-5-11(20-10)14(18)19/h1-3,6,10-11H,4-5,7H2,(H,18,19). The number of aromatic nitrogens is 2. The fourth-order valence-electron chi connectivity index (χ4n) is 2.30. The molecule has 1 aliphatic rings. The summed E-state index contributed by atoms with van der Waals surface area (Å²) < 4.78 is 11.6. The molecule has 0 saturated carbocycles. The average molecular weight is 353 g/mol. The third-order valence-corrected chi connectivity index (χ3v) is 3.80. The van der Waals surface area contributed by atoms with E-state index < -0.39 is 18.2 Å². The normalized spacial score (nSPS) is 21.6. The number of nitrogens with zero attached hydrogens (tertiary/aromatic N) is 2. The summed E-state index contributed by atoms with van der Waals surface area (Å²) in [5.74, 6) is -0.0411. The number of carbonyl (C=O) groups is 1. The van der Waals surface area contributed by atoms with Crippen LogP contribution in [-0.2, 0) is 16.0 Å². The Labute approximate surface area is 129 Å². The van der Waals surface area contributed by atoms with Gasteiger partial charge in [0.15, 0.2) is 11.9 Å². The monoisotopic (exact) mass is 352 g/mol. The number of hydrogen-bond acceptors (Lipinski definition) is 5. The molecule has 2 atom stereocenters. The number of carboxylic acid groups (broad SMARTS) is 1. The Morgan fingerprint density at radius 2 is 2.29 bits per heavy atom. The number of rotatable bonds is 4. The number of benzene rings is 1. The highest BCUT2D eigenvalue weighted by Crippen LogP contribution is 2.31. The van der Waals surface area contributed by atoms with Crippen molar-refractivity contribution in [1.82, 2.24) is 10.1 Å². The van der Waals surface area contributed by atoms with Crippen LogP contribution in [-0.4, -0.2) is 27.3 Å². The van der Waals surface area contributed by atoms with Crippen molar-refractivity contribution in [2.24, 2.45) is 0 Å². The first-order valence-electron chi connectivity index (χ1n) is 6.57. The van der Waals surface area contributed by atoms with Crippen LogP contribution in [0, 0.1) is 0 Å². The number of hydrogen-bond donors (Lipinski definition) is 1. The van der Waals surface area contributed by atoms with Gasteiger partial charge in [0.1, 0.15) is 6.10 Å². The topological polar surface area (TPSA) is 85.5 Å². The van der Waals surface area contributed by atoms with Gasteiger partial charge in [-0.1, -0.05) is 33.2 Å². The highest BCUT2D eigenvalue weighted by molar-refractivity contribution is 9.10. The molecule has 110 valence electrons. The van der Waals surface area contributed by atoms with Gasteiger partial charge < -0.3 is 14.4 Å². The summed E-state index contributed by atoms with van der Waals surface area (Å²) in [5.41, 5.74) is 1.06. The summed E-state index contributed by atoms with van der Waals surface area (Å²) in [7, 11) is 0. The minimum atomic E-state index is -0.952. The van der Waals surface area contributed by atoms with Crippen LogP contribution >= 0.6 is 15.9 Å². The summed E-state index contributed by atoms with van der Waals surface area (Å²) in [5, 5.41) is 12.8. The molecule has 0 radical (unpaired) electrons. The van der Waals surface area contributed by atoms with E-state index in [1.165, 1.54) is 0 Å². The van der Waals surface area contributed by atoms with Crippen LogP contribution in [0.15, 0.2) is 33.3 Å².